The first-order valence-corrected chi connectivity index (χ1v) is 8.00. The Balaban J connectivity index is 2.84. The minimum Gasteiger partial charge on any atom is -0.389 e. The third-order valence-corrected chi connectivity index (χ3v) is 3.36. The van der Waals surface area contributed by atoms with E-state index in [2.05, 4.69) is 22.3 Å². The number of thiocarbonyl (C=S) groups is 1. The number of rotatable bonds is 6. The molecule has 5 nitrogen and oxygen atoms in total. The van der Waals surface area contributed by atoms with Gasteiger partial charge < -0.3 is 11.1 Å². The van der Waals surface area contributed by atoms with Crippen molar-refractivity contribution >= 4 is 32.9 Å². The lowest BCUT2D eigenvalue weighted by Crippen LogP contribution is -2.27. The van der Waals surface area contributed by atoms with Gasteiger partial charge in [0.15, 0.2) is 0 Å². The van der Waals surface area contributed by atoms with Crippen LogP contribution in [-0.2, 0) is 16.2 Å². The van der Waals surface area contributed by atoms with E-state index in [4.69, 9.17) is 5.73 Å². The van der Waals surface area contributed by atoms with E-state index in [0.29, 0.717) is 0 Å². The number of nitrogens with one attached hydrogen (secondary N) is 2. The molecule has 21 heavy (non-hydrogen) atoms. The van der Waals surface area contributed by atoms with Crippen LogP contribution < -0.4 is 15.8 Å². The number of nitrogens with two attached hydrogens (primary N) is 1. The molecule has 0 aliphatic heterocycles. The third kappa shape index (κ3) is 5.86. The average Bonchev–Trinajstić information content (AvgIpc) is 2.32. The molecule has 1 rings (SSSR count). The Morgan fingerprint density at radius 1 is 1.33 bits per heavy atom. The van der Waals surface area contributed by atoms with Crippen LogP contribution in [0.4, 0.5) is 18.9 Å². The van der Waals surface area contributed by atoms with Crippen molar-refractivity contribution in [3.63, 3.8) is 0 Å². The summed E-state index contributed by atoms with van der Waals surface area (Å²) >= 11 is 4.59. The normalized spacial score (nSPS) is 12.2. The van der Waals surface area contributed by atoms with Gasteiger partial charge in [0.1, 0.15) is 4.99 Å². The molecule has 0 bridgehead atoms. The summed E-state index contributed by atoms with van der Waals surface area (Å²) in [6, 6.07) is 3.45. The van der Waals surface area contributed by atoms with E-state index in [1.807, 2.05) is 0 Å². The number of alkyl halides is 3. The smallest absolute Gasteiger partial charge is 0.389 e. The van der Waals surface area contributed by atoms with Gasteiger partial charge in [-0.15, -0.1) is 0 Å². The number of benzene rings is 1. The highest BCUT2D eigenvalue weighted by atomic mass is 32.2. The molecule has 4 N–H and O–H groups in total. The standard InChI is InChI=1S/C11H14F3N3O2S2/c1-21(18,19)17-5-4-16-7-2-3-8(10(15)20)9(6-7)11(12,13)14/h2-3,6,16-17H,4-5H2,1H3,(H2,15,20). The summed E-state index contributed by atoms with van der Waals surface area (Å²) in [7, 11) is -3.33. The second kappa shape index (κ2) is 6.58. The lowest BCUT2D eigenvalue weighted by Gasteiger charge is -2.14. The lowest BCUT2D eigenvalue weighted by atomic mass is 10.1. The molecule has 0 unspecified atom stereocenters. The number of hydrogen-bond acceptors (Lipinski definition) is 4. The zero-order valence-electron chi connectivity index (χ0n) is 11.0. The molecule has 0 saturated carbocycles. The van der Waals surface area contributed by atoms with Crippen LogP contribution in [0.25, 0.3) is 0 Å². The van der Waals surface area contributed by atoms with E-state index in [0.717, 1.165) is 12.3 Å². The average molecular weight is 341 g/mol. The Labute approximate surface area is 125 Å². The summed E-state index contributed by atoms with van der Waals surface area (Å²) in [5, 5.41) is 2.68. The zero-order chi connectivity index (χ0) is 16.3. The number of sulfonamides is 1. The first-order valence-electron chi connectivity index (χ1n) is 5.70. The van der Waals surface area contributed by atoms with Gasteiger partial charge in [0.2, 0.25) is 10.0 Å². The Bertz CT molecular complexity index is 630. The van der Waals surface area contributed by atoms with Gasteiger partial charge in [0.25, 0.3) is 0 Å². The summed E-state index contributed by atoms with van der Waals surface area (Å²) in [5.41, 5.74) is 4.27. The third-order valence-electron chi connectivity index (χ3n) is 2.41. The van der Waals surface area contributed by atoms with Gasteiger partial charge in [-0.1, -0.05) is 12.2 Å². The topological polar surface area (TPSA) is 84.2 Å². The van der Waals surface area contributed by atoms with Crippen molar-refractivity contribution in [3.05, 3.63) is 29.3 Å². The van der Waals surface area contributed by atoms with Crippen LogP contribution in [-0.4, -0.2) is 32.8 Å². The van der Waals surface area contributed by atoms with Gasteiger partial charge in [-0.2, -0.15) is 13.2 Å². The van der Waals surface area contributed by atoms with Crippen LogP contribution in [0.5, 0.6) is 0 Å². The SMILES string of the molecule is CS(=O)(=O)NCCNc1ccc(C(N)=S)c(C(F)(F)F)c1. The van der Waals surface area contributed by atoms with Crippen LogP contribution >= 0.6 is 12.2 Å². The fourth-order valence-electron chi connectivity index (χ4n) is 1.55. The molecule has 0 aliphatic rings. The molecule has 0 amide bonds. The van der Waals surface area contributed by atoms with Crippen LogP contribution in [0, 0.1) is 0 Å². The molecule has 0 saturated heterocycles. The Morgan fingerprint density at radius 3 is 2.43 bits per heavy atom. The molecule has 1 aromatic carbocycles. The highest BCUT2D eigenvalue weighted by Crippen LogP contribution is 2.33. The Morgan fingerprint density at radius 2 is 1.95 bits per heavy atom. The fourth-order valence-corrected chi connectivity index (χ4v) is 2.20. The van der Waals surface area contributed by atoms with Crippen LogP contribution in [0.2, 0.25) is 0 Å². The molecular weight excluding hydrogens is 327 g/mol. The summed E-state index contributed by atoms with van der Waals surface area (Å²) in [4.78, 5) is -0.340. The van der Waals surface area contributed by atoms with Crippen molar-refractivity contribution in [2.75, 3.05) is 24.7 Å². The van der Waals surface area contributed by atoms with Crippen molar-refractivity contribution in [1.29, 1.82) is 0 Å². The van der Waals surface area contributed by atoms with Crippen LogP contribution in [0.1, 0.15) is 11.1 Å². The maximum atomic E-state index is 12.9. The van der Waals surface area contributed by atoms with Crippen molar-refractivity contribution in [1.82, 2.24) is 4.72 Å². The minimum atomic E-state index is -4.58. The molecule has 0 heterocycles. The molecule has 0 fully saturated rings. The van der Waals surface area contributed by atoms with Crippen molar-refractivity contribution in [2.45, 2.75) is 6.18 Å². The molecule has 10 heteroatoms. The number of hydrogen-bond donors (Lipinski definition) is 3. The lowest BCUT2D eigenvalue weighted by molar-refractivity contribution is -0.137. The molecule has 0 radical (unpaired) electrons. The van der Waals surface area contributed by atoms with Crippen LogP contribution in [0.3, 0.4) is 0 Å². The first-order chi connectivity index (χ1) is 9.50. The van der Waals surface area contributed by atoms with Crippen molar-refractivity contribution in [3.8, 4) is 0 Å². The van der Waals surface area contributed by atoms with E-state index in [-0.39, 0.29) is 29.3 Å². The molecule has 118 valence electrons. The summed E-state index contributed by atoms with van der Waals surface area (Å²) < 4.78 is 62.6. The minimum absolute atomic E-state index is 0.0528. The van der Waals surface area contributed by atoms with E-state index in [1.165, 1.54) is 12.1 Å². The summed E-state index contributed by atoms with van der Waals surface area (Å²) in [5.74, 6) is 0. The summed E-state index contributed by atoms with van der Waals surface area (Å²) in [6.45, 7) is 0.189. The molecule has 0 atom stereocenters. The molecule has 0 spiro atoms. The molecule has 1 aromatic rings. The van der Waals surface area contributed by atoms with Crippen molar-refractivity contribution < 1.29 is 21.6 Å². The van der Waals surface area contributed by atoms with E-state index < -0.39 is 21.8 Å². The van der Waals surface area contributed by atoms with Gasteiger partial charge >= 0.3 is 6.18 Å². The van der Waals surface area contributed by atoms with Crippen molar-refractivity contribution in [2.24, 2.45) is 5.73 Å². The maximum Gasteiger partial charge on any atom is 0.417 e. The zero-order valence-corrected chi connectivity index (χ0v) is 12.6. The van der Waals surface area contributed by atoms with Gasteiger partial charge in [-0.25, -0.2) is 13.1 Å². The highest BCUT2D eigenvalue weighted by molar-refractivity contribution is 7.88. The van der Waals surface area contributed by atoms with Gasteiger partial charge in [0.05, 0.1) is 11.8 Å². The number of anilines is 1. The molecule has 0 aliphatic carbocycles. The maximum absolute atomic E-state index is 12.9. The predicted octanol–water partition coefficient (Wildman–Crippen LogP) is 1.30. The Kier molecular flexibility index (Phi) is 5.54. The predicted molar refractivity (Wildman–Crippen MR) is 78.7 cm³/mol. The molecular formula is C11H14F3N3O2S2. The first kappa shape index (κ1) is 17.7. The van der Waals surface area contributed by atoms with Gasteiger partial charge in [-0.3, -0.25) is 0 Å². The second-order valence-corrected chi connectivity index (χ2v) is 6.49. The van der Waals surface area contributed by atoms with E-state index >= 15 is 0 Å². The monoisotopic (exact) mass is 341 g/mol. The quantitative estimate of drug-likeness (QED) is 0.537. The highest BCUT2D eigenvalue weighted by Gasteiger charge is 2.34. The van der Waals surface area contributed by atoms with E-state index in [9.17, 15) is 21.6 Å². The fraction of sp³-hybridized carbons (Fsp3) is 0.364. The summed E-state index contributed by atoms with van der Waals surface area (Å²) in [6.07, 6.45) is -3.59. The molecule has 0 aromatic heterocycles. The number of halogens is 3. The van der Waals surface area contributed by atoms with Crippen LogP contribution in [0.15, 0.2) is 18.2 Å². The largest absolute Gasteiger partial charge is 0.417 e. The second-order valence-electron chi connectivity index (χ2n) is 4.22. The van der Waals surface area contributed by atoms with Gasteiger partial charge in [0, 0.05) is 24.3 Å². The van der Waals surface area contributed by atoms with Gasteiger partial charge in [-0.05, 0) is 18.2 Å². The van der Waals surface area contributed by atoms with E-state index in [1.54, 1.807) is 0 Å². The Hall–Kier alpha value is -1.39.